The first kappa shape index (κ1) is 21.1. The zero-order valence-corrected chi connectivity index (χ0v) is 17.6. The summed E-state index contributed by atoms with van der Waals surface area (Å²) in [5, 5.41) is 2.77. The highest BCUT2D eigenvalue weighted by molar-refractivity contribution is 7.17. The zero-order chi connectivity index (χ0) is 22.0. The maximum absolute atomic E-state index is 14.0. The van der Waals surface area contributed by atoms with E-state index >= 15 is 0 Å². The molecule has 3 aromatic rings. The van der Waals surface area contributed by atoms with Gasteiger partial charge in [-0.1, -0.05) is 36.4 Å². The van der Waals surface area contributed by atoms with Crippen molar-refractivity contribution in [2.24, 2.45) is 0 Å². The van der Waals surface area contributed by atoms with Crippen molar-refractivity contribution >= 4 is 28.2 Å². The summed E-state index contributed by atoms with van der Waals surface area (Å²) in [5.74, 6) is -3.46. The molecule has 160 valence electrons. The van der Waals surface area contributed by atoms with Gasteiger partial charge in [-0.15, -0.1) is 11.3 Å². The highest BCUT2D eigenvalue weighted by Gasteiger charge is 2.30. The van der Waals surface area contributed by atoms with Crippen LogP contribution < -0.4 is 5.32 Å². The van der Waals surface area contributed by atoms with Gasteiger partial charge in [-0.05, 0) is 29.7 Å². The maximum Gasteiger partial charge on any atom is 0.341 e. The second-order valence-electron chi connectivity index (χ2n) is 7.20. The van der Waals surface area contributed by atoms with Crippen LogP contribution >= 0.6 is 11.3 Å². The first-order valence-electron chi connectivity index (χ1n) is 9.72. The number of amides is 1. The Kier molecular flexibility index (Phi) is 6.11. The van der Waals surface area contributed by atoms with Crippen molar-refractivity contribution in [2.75, 3.05) is 19.0 Å². The van der Waals surface area contributed by atoms with Crippen molar-refractivity contribution < 1.29 is 23.1 Å². The molecule has 1 amide bonds. The van der Waals surface area contributed by atoms with E-state index in [1.165, 1.54) is 30.1 Å². The molecule has 0 unspecified atom stereocenters. The topological polar surface area (TPSA) is 58.6 Å². The normalized spacial score (nSPS) is 13.5. The number of carbonyl (C=O) groups excluding carboxylic acids is 2. The fourth-order valence-electron chi connectivity index (χ4n) is 3.72. The average Bonchev–Trinajstić information content (AvgIpc) is 3.10. The van der Waals surface area contributed by atoms with Gasteiger partial charge in [0, 0.05) is 24.5 Å². The highest BCUT2D eigenvalue weighted by Crippen LogP contribution is 2.38. The standard InChI is InChI=1S/C23H20F2N2O3S/c1-30-23(29)19-15-10-11-27(12-14-6-3-2-4-7-14)13-18(15)31-22(19)26-21(28)20-16(24)8-5-9-17(20)25/h2-9H,10-13H2,1H3,(H,26,28). The number of nitrogens with zero attached hydrogens (tertiary/aromatic N) is 1. The lowest BCUT2D eigenvalue weighted by molar-refractivity contribution is 0.0600. The summed E-state index contributed by atoms with van der Waals surface area (Å²) >= 11 is 1.24. The van der Waals surface area contributed by atoms with E-state index in [0.717, 1.165) is 35.7 Å². The van der Waals surface area contributed by atoms with Gasteiger partial charge in [0.15, 0.2) is 0 Å². The number of anilines is 1. The van der Waals surface area contributed by atoms with E-state index in [0.29, 0.717) is 13.0 Å². The highest BCUT2D eigenvalue weighted by atomic mass is 32.1. The summed E-state index contributed by atoms with van der Waals surface area (Å²) < 4.78 is 32.9. The number of esters is 1. The van der Waals surface area contributed by atoms with Gasteiger partial charge in [-0.25, -0.2) is 13.6 Å². The predicted octanol–water partition coefficient (Wildman–Crippen LogP) is 4.62. The van der Waals surface area contributed by atoms with Crippen molar-refractivity contribution in [1.82, 2.24) is 4.90 Å². The minimum absolute atomic E-state index is 0.242. The van der Waals surface area contributed by atoms with Gasteiger partial charge in [0.25, 0.3) is 5.91 Å². The molecule has 1 aliphatic heterocycles. The number of halogens is 2. The second-order valence-corrected chi connectivity index (χ2v) is 8.30. The molecular weight excluding hydrogens is 422 g/mol. The molecule has 0 fully saturated rings. The lowest BCUT2D eigenvalue weighted by Crippen LogP contribution is -2.29. The Labute approximate surface area is 182 Å². The first-order chi connectivity index (χ1) is 15.0. The Morgan fingerprint density at radius 3 is 2.45 bits per heavy atom. The molecule has 4 rings (SSSR count). The molecular formula is C23H20F2N2O3S. The predicted molar refractivity (Wildman–Crippen MR) is 114 cm³/mol. The van der Waals surface area contributed by atoms with Gasteiger partial charge in [0.1, 0.15) is 22.2 Å². The monoisotopic (exact) mass is 442 g/mol. The van der Waals surface area contributed by atoms with Crippen LogP contribution in [0.2, 0.25) is 0 Å². The number of thiophene rings is 1. The summed E-state index contributed by atoms with van der Waals surface area (Å²) in [5.41, 5.74) is 1.56. The van der Waals surface area contributed by atoms with E-state index in [2.05, 4.69) is 22.3 Å². The molecule has 2 aromatic carbocycles. The second kappa shape index (κ2) is 8.95. The van der Waals surface area contributed by atoms with Gasteiger partial charge < -0.3 is 10.1 Å². The number of ether oxygens (including phenoxy) is 1. The van der Waals surface area contributed by atoms with Crippen molar-refractivity contribution in [3.63, 3.8) is 0 Å². The van der Waals surface area contributed by atoms with Crippen molar-refractivity contribution in [1.29, 1.82) is 0 Å². The molecule has 2 heterocycles. The van der Waals surface area contributed by atoms with Crippen LogP contribution in [0.25, 0.3) is 0 Å². The lowest BCUT2D eigenvalue weighted by Gasteiger charge is -2.27. The molecule has 1 N–H and O–H groups in total. The number of benzene rings is 2. The molecule has 31 heavy (non-hydrogen) atoms. The van der Waals surface area contributed by atoms with E-state index in [1.807, 2.05) is 18.2 Å². The molecule has 0 aliphatic carbocycles. The van der Waals surface area contributed by atoms with E-state index in [-0.39, 0.29) is 10.6 Å². The lowest BCUT2D eigenvalue weighted by atomic mass is 10.0. The minimum atomic E-state index is -0.965. The number of fused-ring (bicyclic) bond motifs is 1. The zero-order valence-electron chi connectivity index (χ0n) is 16.8. The Bertz CT molecular complexity index is 1110. The fraction of sp³-hybridized carbons (Fsp3) is 0.217. The Morgan fingerprint density at radius 2 is 1.77 bits per heavy atom. The third-order valence-electron chi connectivity index (χ3n) is 5.19. The molecule has 0 bridgehead atoms. The smallest absolute Gasteiger partial charge is 0.341 e. The van der Waals surface area contributed by atoms with Crippen LogP contribution in [-0.4, -0.2) is 30.4 Å². The van der Waals surface area contributed by atoms with E-state index < -0.39 is 29.1 Å². The van der Waals surface area contributed by atoms with Gasteiger partial charge in [0.05, 0.1) is 12.7 Å². The van der Waals surface area contributed by atoms with Crippen LogP contribution in [0.5, 0.6) is 0 Å². The molecule has 0 saturated heterocycles. The summed E-state index contributed by atoms with van der Waals surface area (Å²) in [7, 11) is 1.26. The van der Waals surface area contributed by atoms with Crippen molar-refractivity contribution in [3.8, 4) is 0 Å². The number of hydrogen-bond acceptors (Lipinski definition) is 5. The van der Waals surface area contributed by atoms with Crippen LogP contribution in [0.3, 0.4) is 0 Å². The summed E-state index contributed by atoms with van der Waals surface area (Å²) in [6, 6.07) is 13.3. The maximum atomic E-state index is 14.0. The molecule has 0 atom stereocenters. The number of rotatable bonds is 5. The molecule has 0 radical (unpaired) electrons. The molecule has 0 spiro atoms. The number of hydrogen-bond donors (Lipinski definition) is 1. The average molecular weight is 442 g/mol. The van der Waals surface area contributed by atoms with Crippen LogP contribution in [0, 0.1) is 11.6 Å². The van der Waals surface area contributed by atoms with Gasteiger partial charge in [-0.2, -0.15) is 0 Å². The van der Waals surface area contributed by atoms with Gasteiger partial charge >= 0.3 is 5.97 Å². The number of carbonyl (C=O) groups is 2. The summed E-state index contributed by atoms with van der Waals surface area (Å²) in [4.78, 5) is 28.2. The number of nitrogens with one attached hydrogen (secondary N) is 1. The largest absolute Gasteiger partial charge is 0.465 e. The van der Waals surface area contributed by atoms with E-state index in [4.69, 9.17) is 4.74 Å². The van der Waals surface area contributed by atoms with Crippen LogP contribution in [0.4, 0.5) is 13.8 Å². The van der Waals surface area contributed by atoms with E-state index in [1.54, 1.807) is 0 Å². The van der Waals surface area contributed by atoms with Crippen LogP contribution in [0.1, 0.15) is 36.7 Å². The van der Waals surface area contributed by atoms with Crippen molar-refractivity contribution in [2.45, 2.75) is 19.5 Å². The van der Waals surface area contributed by atoms with E-state index in [9.17, 15) is 18.4 Å². The Balaban J connectivity index is 1.62. The summed E-state index contributed by atoms with van der Waals surface area (Å²) in [6.45, 7) is 2.09. The minimum Gasteiger partial charge on any atom is -0.465 e. The fourth-order valence-corrected chi connectivity index (χ4v) is 4.99. The Morgan fingerprint density at radius 1 is 1.06 bits per heavy atom. The number of methoxy groups -OCH3 is 1. The first-order valence-corrected chi connectivity index (χ1v) is 10.5. The quantitative estimate of drug-likeness (QED) is 0.586. The van der Waals surface area contributed by atoms with Gasteiger partial charge in [-0.3, -0.25) is 9.69 Å². The van der Waals surface area contributed by atoms with Gasteiger partial charge in [0.2, 0.25) is 0 Å². The molecule has 8 heteroatoms. The molecule has 1 aromatic heterocycles. The SMILES string of the molecule is COC(=O)c1c(NC(=O)c2c(F)cccc2F)sc2c1CCN(Cc1ccccc1)C2. The van der Waals surface area contributed by atoms with Crippen LogP contribution in [-0.2, 0) is 24.2 Å². The third-order valence-corrected chi connectivity index (χ3v) is 6.32. The molecule has 1 aliphatic rings. The van der Waals surface area contributed by atoms with Crippen LogP contribution in [0.15, 0.2) is 48.5 Å². The Hall–Kier alpha value is -3.10. The molecule has 0 saturated carbocycles. The third kappa shape index (κ3) is 4.35. The van der Waals surface area contributed by atoms with Crippen molar-refractivity contribution in [3.05, 3.63) is 87.3 Å². The summed E-state index contributed by atoms with van der Waals surface area (Å²) in [6.07, 6.45) is 0.604. The molecule has 5 nitrogen and oxygen atoms in total.